The van der Waals surface area contributed by atoms with Gasteiger partial charge in [-0.15, -0.1) is 0 Å². The molecule has 2 unspecified atom stereocenters. The van der Waals surface area contributed by atoms with Crippen molar-refractivity contribution in [3.05, 3.63) is 42.0 Å². The Morgan fingerprint density at radius 2 is 1.82 bits per heavy atom. The zero-order chi connectivity index (χ0) is 28.7. The average molecular weight is 550 g/mol. The summed E-state index contributed by atoms with van der Waals surface area (Å²) < 4.78 is 9.98. The lowest BCUT2D eigenvalue weighted by molar-refractivity contribution is -0.144. The largest absolute Gasteiger partial charge is 0.468 e. The lowest BCUT2D eigenvalue weighted by Gasteiger charge is -2.34. The van der Waals surface area contributed by atoms with E-state index in [1.807, 2.05) is 6.07 Å². The summed E-state index contributed by atoms with van der Waals surface area (Å²) in [5.74, 6) is -1.65. The van der Waals surface area contributed by atoms with Crippen molar-refractivity contribution >= 4 is 42.6 Å². The molecule has 0 aliphatic heterocycles. The Morgan fingerprint density at radius 3 is 2.39 bits per heavy atom. The Morgan fingerprint density at radius 1 is 1.13 bits per heavy atom. The second-order valence-corrected chi connectivity index (χ2v) is 10.3. The van der Waals surface area contributed by atoms with Crippen LogP contribution < -0.4 is 10.6 Å². The van der Waals surface area contributed by atoms with E-state index < -0.39 is 41.6 Å². The van der Waals surface area contributed by atoms with Gasteiger partial charge >= 0.3 is 12.1 Å². The molecule has 212 valence electrons. The molecule has 0 bridgehead atoms. The van der Waals surface area contributed by atoms with E-state index in [0.29, 0.717) is 12.0 Å². The normalized spacial score (nSPS) is 12.6. The first kappa shape index (κ1) is 33.0. The average Bonchev–Trinajstić information content (AvgIpc) is 2.88. The highest BCUT2D eigenvalue weighted by Crippen LogP contribution is 2.25. The Hall–Kier alpha value is -3.01. The van der Waals surface area contributed by atoms with Crippen LogP contribution in [0.3, 0.4) is 0 Å². The summed E-state index contributed by atoms with van der Waals surface area (Å²) in [6, 6.07) is 5.00. The first-order valence-corrected chi connectivity index (χ1v) is 13.6. The van der Waals surface area contributed by atoms with Crippen molar-refractivity contribution < 1.29 is 28.7 Å². The molecule has 9 nitrogen and oxygen atoms in total. The van der Waals surface area contributed by atoms with E-state index in [4.69, 9.17) is 4.74 Å². The predicted molar refractivity (Wildman–Crippen MR) is 152 cm³/mol. The number of alkyl carbamates (subject to hydrolysis) is 1. The van der Waals surface area contributed by atoms with Crippen molar-refractivity contribution in [2.75, 3.05) is 26.0 Å². The maximum Gasteiger partial charge on any atom is 0.408 e. The SMILES string of the molecule is C=Cc1cccc(C(C(=O)NCC(=O)OC)N(CCCCCCC)C(=O)C(CS)NC(=O)OC(C)(C)C)c1. The van der Waals surface area contributed by atoms with Crippen molar-refractivity contribution in [2.24, 2.45) is 0 Å². The van der Waals surface area contributed by atoms with E-state index in [2.05, 4.69) is 41.5 Å². The summed E-state index contributed by atoms with van der Waals surface area (Å²) in [6.45, 7) is 11.0. The molecule has 38 heavy (non-hydrogen) atoms. The minimum Gasteiger partial charge on any atom is -0.468 e. The summed E-state index contributed by atoms with van der Waals surface area (Å²) in [5.41, 5.74) is 0.553. The predicted octanol–water partition coefficient (Wildman–Crippen LogP) is 4.28. The smallest absolute Gasteiger partial charge is 0.408 e. The topological polar surface area (TPSA) is 114 Å². The molecular formula is C28H43N3O6S. The van der Waals surface area contributed by atoms with Gasteiger partial charge in [-0.05, 0) is 44.4 Å². The van der Waals surface area contributed by atoms with Gasteiger partial charge < -0.3 is 25.0 Å². The quantitative estimate of drug-likeness (QED) is 0.171. The number of nitrogens with one attached hydrogen (secondary N) is 2. The van der Waals surface area contributed by atoms with Gasteiger partial charge in [0.2, 0.25) is 11.8 Å². The van der Waals surface area contributed by atoms with Crippen LogP contribution >= 0.6 is 12.6 Å². The fraction of sp³-hybridized carbons (Fsp3) is 0.571. The van der Waals surface area contributed by atoms with Crippen LogP contribution in [0.2, 0.25) is 0 Å². The summed E-state index contributed by atoms with van der Waals surface area (Å²) >= 11 is 4.30. The van der Waals surface area contributed by atoms with Gasteiger partial charge in [-0.25, -0.2) is 4.79 Å². The molecule has 1 rings (SSSR count). The van der Waals surface area contributed by atoms with Crippen LogP contribution in [0.5, 0.6) is 0 Å². The standard InChI is InChI=1S/C28H43N3O6S/c1-7-9-10-11-12-16-31(26(34)22(19-38)30-27(35)37-28(3,4)5)24(25(33)29-18-23(32)36-6)21-15-13-14-20(8-2)17-21/h8,13-15,17,22,24,38H,2,7,9-12,16,18-19H2,1,3-6H3,(H,29,33)(H,30,35). The molecule has 3 amide bonds. The fourth-order valence-corrected chi connectivity index (χ4v) is 3.99. The third-order valence-corrected chi connectivity index (χ3v) is 5.98. The lowest BCUT2D eigenvalue weighted by Crippen LogP contribution is -2.54. The molecule has 0 saturated heterocycles. The molecule has 1 aromatic rings. The maximum atomic E-state index is 13.9. The number of carbonyl (C=O) groups excluding carboxylic acids is 4. The molecule has 0 heterocycles. The Labute approximate surface area is 232 Å². The highest BCUT2D eigenvalue weighted by Gasteiger charge is 2.36. The molecule has 0 fully saturated rings. The van der Waals surface area contributed by atoms with Gasteiger partial charge in [0, 0.05) is 12.3 Å². The van der Waals surface area contributed by atoms with E-state index in [1.54, 1.807) is 45.0 Å². The fourth-order valence-electron chi connectivity index (χ4n) is 3.74. The van der Waals surface area contributed by atoms with Gasteiger partial charge in [-0.3, -0.25) is 14.4 Å². The number of esters is 1. The number of carbonyl (C=O) groups is 4. The number of ether oxygens (including phenoxy) is 2. The third kappa shape index (κ3) is 11.6. The zero-order valence-electron chi connectivity index (χ0n) is 23.2. The van der Waals surface area contributed by atoms with Crippen LogP contribution in [-0.2, 0) is 23.9 Å². The molecule has 0 aliphatic carbocycles. The lowest BCUT2D eigenvalue weighted by atomic mass is 10.00. The van der Waals surface area contributed by atoms with E-state index in [9.17, 15) is 19.2 Å². The van der Waals surface area contributed by atoms with Crippen LogP contribution in [0.25, 0.3) is 6.08 Å². The molecule has 0 spiro atoms. The second kappa shape index (κ2) is 16.8. The van der Waals surface area contributed by atoms with Crippen LogP contribution in [0, 0.1) is 0 Å². The molecule has 0 radical (unpaired) electrons. The van der Waals surface area contributed by atoms with Crippen molar-refractivity contribution in [1.29, 1.82) is 0 Å². The highest BCUT2D eigenvalue weighted by atomic mass is 32.1. The number of methoxy groups -OCH3 is 1. The summed E-state index contributed by atoms with van der Waals surface area (Å²) in [7, 11) is 1.23. The van der Waals surface area contributed by atoms with Crippen LogP contribution in [0.4, 0.5) is 4.79 Å². The van der Waals surface area contributed by atoms with Crippen molar-refractivity contribution in [2.45, 2.75) is 77.5 Å². The minimum atomic E-state index is -1.07. The number of rotatable bonds is 15. The Bertz CT molecular complexity index is 947. The monoisotopic (exact) mass is 549 g/mol. The van der Waals surface area contributed by atoms with Crippen molar-refractivity contribution in [1.82, 2.24) is 15.5 Å². The van der Waals surface area contributed by atoms with E-state index in [-0.39, 0.29) is 18.8 Å². The third-order valence-electron chi connectivity index (χ3n) is 5.61. The van der Waals surface area contributed by atoms with Gasteiger partial charge in [0.15, 0.2) is 0 Å². The second-order valence-electron chi connectivity index (χ2n) is 9.90. The number of nitrogens with zero attached hydrogens (tertiary/aromatic N) is 1. The Kier molecular flexibility index (Phi) is 14.6. The molecule has 0 aromatic heterocycles. The molecule has 1 aromatic carbocycles. The number of unbranched alkanes of at least 4 members (excludes halogenated alkanes) is 4. The number of hydrogen-bond donors (Lipinski definition) is 3. The highest BCUT2D eigenvalue weighted by molar-refractivity contribution is 7.80. The van der Waals surface area contributed by atoms with E-state index in [1.165, 1.54) is 12.0 Å². The van der Waals surface area contributed by atoms with Crippen molar-refractivity contribution in [3.8, 4) is 0 Å². The van der Waals surface area contributed by atoms with E-state index >= 15 is 0 Å². The number of hydrogen-bond acceptors (Lipinski definition) is 7. The number of amides is 3. The Balaban J connectivity index is 3.42. The van der Waals surface area contributed by atoms with Gasteiger partial charge in [0.05, 0.1) is 7.11 Å². The first-order valence-electron chi connectivity index (χ1n) is 12.9. The number of thiol groups is 1. The summed E-state index contributed by atoms with van der Waals surface area (Å²) in [4.78, 5) is 53.0. The van der Waals surface area contributed by atoms with Crippen LogP contribution in [0.1, 0.15) is 77.0 Å². The van der Waals surface area contributed by atoms with Crippen LogP contribution in [-0.4, -0.2) is 66.4 Å². The summed E-state index contributed by atoms with van der Waals surface area (Å²) in [5, 5.41) is 5.17. The van der Waals surface area contributed by atoms with Gasteiger partial charge in [0.25, 0.3) is 0 Å². The van der Waals surface area contributed by atoms with Gasteiger partial charge in [0.1, 0.15) is 24.2 Å². The zero-order valence-corrected chi connectivity index (χ0v) is 24.1. The first-order chi connectivity index (χ1) is 18.0. The molecule has 0 aliphatic rings. The van der Waals surface area contributed by atoms with E-state index in [0.717, 1.165) is 31.2 Å². The minimum absolute atomic E-state index is 0.00634. The molecule has 2 atom stereocenters. The summed E-state index contributed by atoms with van der Waals surface area (Å²) in [6.07, 6.45) is 5.54. The molecule has 2 N–H and O–H groups in total. The van der Waals surface area contributed by atoms with Gasteiger partial charge in [-0.2, -0.15) is 12.6 Å². The van der Waals surface area contributed by atoms with Gasteiger partial charge in [-0.1, -0.05) is 63.5 Å². The number of benzene rings is 1. The molecule has 10 heteroatoms. The van der Waals surface area contributed by atoms with Crippen molar-refractivity contribution in [3.63, 3.8) is 0 Å². The maximum absolute atomic E-state index is 13.9. The van der Waals surface area contributed by atoms with Crippen LogP contribution in [0.15, 0.2) is 30.8 Å². The molecule has 0 saturated carbocycles. The molecular weight excluding hydrogens is 506 g/mol.